The Morgan fingerprint density at radius 2 is 2.24 bits per heavy atom. The number of ether oxygens (including phenoxy) is 1. The van der Waals surface area contributed by atoms with Gasteiger partial charge in [0.1, 0.15) is 0 Å². The number of primary amides is 1. The number of nitrogens with zero attached hydrogens (tertiary/aromatic N) is 1. The Bertz CT molecular complexity index is 249. The predicted octanol–water partition coefficient (Wildman–Crippen LogP) is 1.63. The maximum absolute atomic E-state index is 9.59. The number of carbonyl (C=O) groups is 1. The molecule has 0 aromatic rings. The second-order valence-electron chi connectivity index (χ2n) is 5.34. The summed E-state index contributed by atoms with van der Waals surface area (Å²) in [4.78, 5) is 12.2. The van der Waals surface area contributed by atoms with Gasteiger partial charge in [0.15, 0.2) is 0 Å². The second-order valence-corrected chi connectivity index (χ2v) is 5.34. The van der Waals surface area contributed by atoms with Crippen LogP contribution in [0.3, 0.4) is 0 Å². The van der Waals surface area contributed by atoms with Gasteiger partial charge in [-0.1, -0.05) is 20.8 Å². The van der Waals surface area contributed by atoms with Crippen LogP contribution in [-0.4, -0.2) is 42.6 Å². The van der Waals surface area contributed by atoms with Crippen molar-refractivity contribution in [2.24, 2.45) is 11.7 Å². The molecule has 4 heteroatoms. The number of fused-ring (bicyclic) bond motifs is 2. The summed E-state index contributed by atoms with van der Waals surface area (Å²) in [7, 11) is 0. The van der Waals surface area contributed by atoms with Gasteiger partial charge >= 0.3 is 0 Å². The second kappa shape index (κ2) is 6.97. The summed E-state index contributed by atoms with van der Waals surface area (Å²) >= 11 is 0. The first kappa shape index (κ1) is 14.5. The number of rotatable bonds is 4. The molecular formula is C13H28N2O2. The summed E-state index contributed by atoms with van der Waals surface area (Å²) in [6.07, 6.45) is 3.64. The van der Waals surface area contributed by atoms with Gasteiger partial charge in [0.25, 0.3) is 0 Å². The highest BCUT2D eigenvalue weighted by molar-refractivity contribution is 5.73. The minimum atomic E-state index is -0.245. The first-order chi connectivity index (χ1) is 8.02. The maximum Gasteiger partial charge on any atom is 0.217 e. The molecule has 2 unspecified atom stereocenters. The molecule has 2 heterocycles. The van der Waals surface area contributed by atoms with Crippen LogP contribution in [0.1, 0.15) is 41.5 Å². The SMILES string of the molecule is CC(C)CCN1CC2CC1CO2.CCC(N)=O.[HH]. The summed E-state index contributed by atoms with van der Waals surface area (Å²) in [5.41, 5.74) is 4.65. The average molecular weight is 244 g/mol. The van der Waals surface area contributed by atoms with Crippen LogP contribution in [0.4, 0.5) is 0 Å². The van der Waals surface area contributed by atoms with Crippen molar-refractivity contribution in [2.75, 3.05) is 19.7 Å². The molecule has 17 heavy (non-hydrogen) atoms. The Morgan fingerprint density at radius 1 is 1.59 bits per heavy atom. The summed E-state index contributed by atoms with van der Waals surface area (Å²) in [6, 6.07) is 0.758. The third-order valence-electron chi connectivity index (χ3n) is 3.36. The van der Waals surface area contributed by atoms with Gasteiger partial charge in [0.2, 0.25) is 5.91 Å². The molecule has 0 aromatic carbocycles. The fourth-order valence-electron chi connectivity index (χ4n) is 2.18. The maximum atomic E-state index is 9.59. The molecule has 2 fully saturated rings. The van der Waals surface area contributed by atoms with Gasteiger partial charge in [-0.3, -0.25) is 9.69 Å². The van der Waals surface area contributed by atoms with Crippen molar-refractivity contribution in [1.82, 2.24) is 4.90 Å². The fourth-order valence-corrected chi connectivity index (χ4v) is 2.18. The molecule has 2 atom stereocenters. The molecule has 2 rings (SSSR count). The van der Waals surface area contributed by atoms with Crippen LogP contribution in [0.2, 0.25) is 0 Å². The van der Waals surface area contributed by atoms with E-state index < -0.39 is 0 Å². The highest BCUT2D eigenvalue weighted by atomic mass is 16.5. The van der Waals surface area contributed by atoms with E-state index in [4.69, 9.17) is 4.74 Å². The van der Waals surface area contributed by atoms with Gasteiger partial charge in [-0.25, -0.2) is 0 Å². The van der Waals surface area contributed by atoms with E-state index in [1.165, 1.54) is 25.9 Å². The van der Waals surface area contributed by atoms with Gasteiger partial charge in [-0.05, 0) is 25.3 Å². The van der Waals surface area contributed by atoms with Gasteiger partial charge in [-0.2, -0.15) is 0 Å². The zero-order chi connectivity index (χ0) is 12.8. The summed E-state index contributed by atoms with van der Waals surface area (Å²) in [6.45, 7) is 9.78. The fraction of sp³-hybridized carbons (Fsp3) is 0.923. The molecule has 2 aliphatic heterocycles. The number of hydrogen-bond donors (Lipinski definition) is 1. The van der Waals surface area contributed by atoms with E-state index >= 15 is 0 Å². The third kappa shape index (κ3) is 5.04. The standard InChI is InChI=1S/C10H19NO.C3H7NO.H2/c1-8(2)3-4-11-6-10-5-9(11)7-12-10;1-2-3(4)5;/h8-10H,3-7H2,1-2H3;2H2,1H3,(H2,4,5);1H. The molecule has 1 amide bonds. The van der Waals surface area contributed by atoms with E-state index in [9.17, 15) is 4.79 Å². The molecule has 2 bridgehead atoms. The number of hydrogen-bond acceptors (Lipinski definition) is 3. The van der Waals surface area contributed by atoms with E-state index in [1.54, 1.807) is 6.92 Å². The summed E-state index contributed by atoms with van der Waals surface area (Å²) in [5.74, 6) is 0.593. The van der Waals surface area contributed by atoms with Crippen LogP contribution < -0.4 is 5.73 Å². The lowest BCUT2D eigenvalue weighted by Crippen LogP contribution is -2.37. The molecule has 4 nitrogen and oxygen atoms in total. The zero-order valence-corrected chi connectivity index (χ0v) is 11.3. The van der Waals surface area contributed by atoms with Crippen molar-refractivity contribution >= 4 is 5.91 Å². The Labute approximate surface area is 106 Å². The van der Waals surface area contributed by atoms with Crippen molar-refractivity contribution in [3.63, 3.8) is 0 Å². The topological polar surface area (TPSA) is 55.6 Å². The minimum absolute atomic E-state index is 0. The predicted molar refractivity (Wildman–Crippen MR) is 70.8 cm³/mol. The molecular weight excluding hydrogens is 216 g/mol. The Kier molecular flexibility index (Phi) is 5.92. The first-order valence-corrected chi connectivity index (χ1v) is 6.66. The molecule has 0 aromatic heterocycles. The third-order valence-corrected chi connectivity index (χ3v) is 3.36. The number of carbonyl (C=O) groups excluding carboxylic acids is 1. The van der Waals surface area contributed by atoms with E-state index in [-0.39, 0.29) is 7.33 Å². The number of likely N-dealkylation sites (tertiary alicyclic amines) is 1. The smallest absolute Gasteiger partial charge is 0.217 e. The quantitative estimate of drug-likeness (QED) is 0.818. The lowest BCUT2D eigenvalue weighted by molar-refractivity contribution is -0.117. The van der Waals surface area contributed by atoms with Gasteiger partial charge in [0.05, 0.1) is 12.7 Å². The molecule has 0 radical (unpaired) electrons. The van der Waals surface area contributed by atoms with Crippen molar-refractivity contribution < 1.29 is 11.0 Å². The highest BCUT2D eigenvalue weighted by Gasteiger charge is 2.38. The molecule has 2 aliphatic rings. The molecule has 0 aliphatic carbocycles. The Balaban J connectivity index is 0.000000421. The van der Waals surface area contributed by atoms with E-state index in [0.717, 1.165) is 18.6 Å². The monoisotopic (exact) mass is 244 g/mol. The van der Waals surface area contributed by atoms with Crippen LogP contribution in [-0.2, 0) is 9.53 Å². The van der Waals surface area contributed by atoms with Gasteiger partial charge in [-0.15, -0.1) is 0 Å². The normalized spacial score (nSPS) is 27.1. The number of nitrogens with two attached hydrogens (primary N) is 1. The number of amides is 1. The summed E-state index contributed by atoms with van der Waals surface area (Å²) in [5, 5.41) is 0. The van der Waals surface area contributed by atoms with E-state index in [2.05, 4.69) is 24.5 Å². The van der Waals surface area contributed by atoms with Crippen LogP contribution in [0.15, 0.2) is 0 Å². The molecule has 2 saturated heterocycles. The largest absolute Gasteiger partial charge is 0.375 e. The molecule has 0 spiro atoms. The molecule has 2 N–H and O–H groups in total. The van der Waals surface area contributed by atoms with Crippen molar-refractivity contribution in [1.29, 1.82) is 0 Å². The van der Waals surface area contributed by atoms with Crippen molar-refractivity contribution in [3.05, 3.63) is 0 Å². The number of morpholine rings is 1. The highest BCUT2D eigenvalue weighted by Crippen LogP contribution is 2.27. The van der Waals surface area contributed by atoms with Crippen molar-refractivity contribution in [2.45, 2.75) is 52.2 Å². The lowest BCUT2D eigenvalue weighted by atomic mass is 10.1. The summed E-state index contributed by atoms with van der Waals surface area (Å²) < 4.78 is 5.55. The van der Waals surface area contributed by atoms with Crippen LogP contribution in [0, 0.1) is 5.92 Å². The Hall–Kier alpha value is -0.610. The lowest BCUT2D eigenvalue weighted by Gasteiger charge is -2.27. The van der Waals surface area contributed by atoms with Gasteiger partial charge < -0.3 is 10.5 Å². The van der Waals surface area contributed by atoms with Gasteiger partial charge in [0, 0.05) is 20.4 Å². The first-order valence-electron chi connectivity index (χ1n) is 6.66. The van der Waals surface area contributed by atoms with Crippen LogP contribution >= 0.6 is 0 Å². The van der Waals surface area contributed by atoms with E-state index in [0.29, 0.717) is 12.5 Å². The average Bonchev–Trinajstić information content (AvgIpc) is 2.88. The molecule has 0 saturated carbocycles. The van der Waals surface area contributed by atoms with Crippen LogP contribution in [0.5, 0.6) is 0 Å². The minimum Gasteiger partial charge on any atom is -0.375 e. The van der Waals surface area contributed by atoms with Crippen molar-refractivity contribution in [3.8, 4) is 0 Å². The Morgan fingerprint density at radius 3 is 2.59 bits per heavy atom. The van der Waals surface area contributed by atoms with Crippen LogP contribution in [0.25, 0.3) is 0 Å². The molecule has 102 valence electrons. The zero-order valence-electron chi connectivity index (χ0n) is 11.3. The van der Waals surface area contributed by atoms with E-state index in [1.807, 2.05) is 0 Å².